The minimum atomic E-state index is -4.40. The van der Waals surface area contributed by atoms with Crippen LogP contribution in [0.4, 0.5) is 4.79 Å². The van der Waals surface area contributed by atoms with E-state index in [4.69, 9.17) is 37.5 Å². The van der Waals surface area contributed by atoms with Crippen molar-refractivity contribution in [3.63, 3.8) is 0 Å². The molecule has 2 unspecified atom stereocenters. The topological polar surface area (TPSA) is 195 Å². The monoisotopic (exact) mass is 770 g/mol. The molecule has 0 saturated carbocycles. The molecule has 18 heteroatoms. The maximum atomic E-state index is 14.3. The number of hydrogen-bond acceptors (Lipinski definition) is 14. The van der Waals surface area contributed by atoms with Crippen molar-refractivity contribution in [1.82, 2.24) is 9.62 Å². The van der Waals surface area contributed by atoms with Crippen LogP contribution in [0.15, 0.2) is 47.4 Å². The van der Waals surface area contributed by atoms with Gasteiger partial charge in [0, 0.05) is 19.2 Å². The molecule has 0 radical (unpaired) electrons. The van der Waals surface area contributed by atoms with Gasteiger partial charge in [-0.1, -0.05) is 26.0 Å². The maximum absolute atomic E-state index is 14.3. The molecule has 0 aromatic heterocycles. The van der Waals surface area contributed by atoms with Crippen LogP contribution in [0.25, 0.3) is 0 Å². The molecular formula is C34H47N2O14PS. The molecule has 2 saturated heterocycles. The summed E-state index contributed by atoms with van der Waals surface area (Å²) in [6.07, 6.45) is -4.43. The number of esters is 1. The largest absolute Gasteiger partial charge is 0.493 e. The molecule has 4 aliphatic rings. The number of sulfonamides is 1. The van der Waals surface area contributed by atoms with Gasteiger partial charge >= 0.3 is 19.7 Å². The molecule has 2 fully saturated rings. The lowest BCUT2D eigenvalue weighted by atomic mass is 10.0. The average Bonchev–Trinajstić information content (AvgIpc) is 3.72. The summed E-state index contributed by atoms with van der Waals surface area (Å²) in [7, 11) is -7.45. The normalized spacial score (nSPS) is 28.2. The summed E-state index contributed by atoms with van der Waals surface area (Å²) in [5.41, 5.74) is 0.649. The number of hydrogen-bond donors (Lipinski definition) is 2. The Bertz CT molecular complexity index is 1710. The molecule has 7 atom stereocenters. The van der Waals surface area contributed by atoms with Crippen molar-refractivity contribution in [2.45, 2.75) is 76.1 Å². The molecule has 2 N–H and O–H groups in total. The Balaban J connectivity index is 1.51. The van der Waals surface area contributed by atoms with E-state index in [1.165, 1.54) is 26.2 Å². The van der Waals surface area contributed by atoms with Crippen molar-refractivity contribution in [3.8, 4) is 17.2 Å². The van der Waals surface area contributed by atoms with Gasteiger partial charge in [0.1, 0.15) is 11.9 Å². The van der Waals surface area contributed by atoms with Crippen molar-refractivity contribution >= 4 is 29.7 Å². The summed E-state index contributed by atoms with van der Waals surface area (Å²) in [5.74, 6) is -1.05. The molecule has 4 heterocycles. The van der Waals surface area contributed by atoms with Crippen LogP contribution in [0.3, 0.4) is 0 Å². The zero-order valence-electron chi connectivity index (χ0n) is 29.8. The van der Waals surface area contributed by atoms with Crippen molar-refractivity contribution in [1.29, 1.82) is 0 Å². The number of carbonyl (C=O) groups excluding carboxylic acids is 2. The maximum Gasteiger partial charge on any atom is 0.417 e. The zero-order chi connectivity index (χ0) is 37.6. The van der Waals surface area contributed by atoms with Gasteiger partial charge in [0.05, 0.1) is 49.9 Å². The molecule has 1 amide bonds. The predicted octanol–water partition coefficient (Wildman–Crippen LogP) is 3.69. The highest BCUT2D eigenvalue weighted by Crippen LogP contribution is 2.52. The van der Waals surface area contributed by atoms with Crippen molar-refractivity contribution in [2.24, 2.45) is 11.8 Å². The number of carbonyl (C=O) groups is 2. The molecule has 2 aromatic rings. The van der Waals surface area contributed by atoms with Crippen LogP contribution < -0.4 is 19.3 Å². The van der Waals surface area contributed by atoms with Gasteiger partial charge in [-0.05, 0) is 62.4 Å². The number of nitrogens with one attached hydrogen (secondary N) is 1. The highest BCUT2D eigenvalue weighted by atomic mass is 32.2. The second kappa shape index (κ2) is 17.1. The number of rotatable bonds is 9. The van der Waals surface area contributed by atoms with Crippen molar-refractivity contribution in [3.05, 3.63) is 48.0 Å². The number of aliphatic hydroxyl groups is 1. The van der Waals surface area contributed by atoms with Gasteiger partial charge in [0.25, 0.3) is 0 Å². The first-order chi connectivity index (χ1) is 24.7. The van der Waals surface area contributed by atoms with Crippen LogP contribution in [0.2, 0.25) is 0 Å². The van der Waals surface area contributed by atoms with Crippen LogP contribution in [0.5, 0.6) is 17.2 Å². The summed E-state index contributed by atoms with van der Waals surface area (Å²) in [6.45, 7) is 6.92. The highest BCUT2D eigenvalue weighted by Gasteiger charge is 2.44. The van der Waals surface area contributed by atoms with Gasteiger partial charge in [-0.15, -0.1) is 0 Å². The van der Waals surface area contributed by atoms with Crippen LogP contribution in [-0.4, -0.2) is 107 Å². The first kappa shape index (κ1) is 39.8. The van der Waals surface area contributed by atoms with Crippen molar-refractivity contribution < 1.29 is 65.1 Å². The molecule has 6 rings (SSSR count). The fraction of sp³-hybridized carbons (Fsp3) is 0.588. The van der Waals surface area contributed by atoms with Crippen LogP contribution in [-0.2, 0) is 49.3 Å². The van der Waals surface area contributed by atoms with E-state index in [0.717, 1.165) is 10.4 Å². The Hall–Kier alpha value is -3.44. The number of aliphatic hydroxyl groups excluding tert-OH is 1. The van der Waals surface area contributed by atoms with Crippen LogP contribution >= 0.6 is 7.60 Å². The van der Waals surface area contributed by atoms with E-state index in [-0.39, 0.29) is 60.2 Å². The molecule has 52 heavy (non-hydrogen) atoms. The Kier molecular flexibility index (Phi) is 13.1. The molecule has 4 aliphatic heterocycles. The van der Waals surface area contributed by atoms with Crippen molar-refractivity contribution in [2.75, 3.05) is 46.4 Å². The zero-order valence-corrected chi connectivity index (χ0v) is 31.5. The summed E-state index contributed by atoms with van der Waals surface area (Å²) in [5, 5.41) is 14.4. The van der Waals surface area contributed by atoms with Crippen LogP contribution in [0, 0.1) is 11.8 Å². The average molecular weight is 771 g/mol. The van der Waals surface area contributed by atoms with Crippen LogP contribution in [0.1, 0.15) is 39.7 Å². The molecule has 2 aromatic carbocycles. The second-order valence-electron chi connectivity index (χ2n) is 13.1. The highest BCUT2D eigenvalue weighted by molar-refractivity contribution is 7.89. The van der Waals surface area contributed by atoms with Gasteiger partial charge in [-0.25, -0.2) is 22.6 Å². The third-order valence-electron chi connectivity index (χ3n) is 8.69. The Morgan fingerprint density at radius 3 is 2.56 bits per heavy atom. The van der Waals surface area contributed by atoms with E-state index in [2.05, 4.69) is 5.32 Å². The third kappa shape index (κ3) is 9.75. The van der Waals surface area contributed by atoms with Gasteiger partial charge in [0.15, 0.2) is 23.9 Å². The first-order valence-corrected chi connectivity index (χ1v) is 20.3. The minimum absolute atomic E-state index is 0.00244. The smallest absolute Gasteiger partial charge is 0.417 e. The molecular weight excluding hydrogens is 723 g/mol. The molecule has 288 valence electrons. The first-order valence-electron chi connectivity index (χ1n) is 17.1. The standard InChI is InChI=1S/C34H47N2O14PS/c1-6-44-32(38)22(4)49-51(40)20-47-24-9-7-23(8-10-24)15-27(35-34(39)48-31-19-46-33-26(31)13-14-45-33)28(37)18-36(17-21(2)3)52(41,42)25-11-12-29(43-5)30(16-25)50-51/h7-12,16,21-22,26-28,31,33,37H,6,13-15,17-20H2,1-5H3,(H,35,39)/t22?,26-,27-,28+,31-,33+,51?/m0/s1. The van der Waals surface area contributed by atoms with Gasteiger partial charge < -0.3 is 43.4 Å². The second-order valence-corrected chi connectivity index (χ2v) is 17.0. The van der Waals surface area contributed by atoms with Gasteiger partial charge in [0.2, 0.25) is 16.4 Å². The van der Waals surface area contributed by atoms with E-state index in [1.807, 2.05) is 13.8 Å². The van der Waals surface area contributed by atoms with Gasteiger partial charge in [-0.2, -0.15) is 4.31 Å². The number of fused-ring (bicyclic) bond motifs is 11. The Morgan fingerprint density at radius 1 is 1.12 bits per heavy atom. The lowest BCUT2D eigenvalue weighted by molar-refractivity contribution is -0.150. The molecule has 16 nitrogen and oxygen atoms in total. The van der Waals surface area contributed by atoms with Gasteiger partial charge in [-0.3, -0.25) is 4.52 Å². The third-order valence-corrected chi connectivity index (χ3v) is 12.1. The van der Waals surface area contributed by atoms with E-state index >= 15 is 0 Å². The lowest BCUT2D eigenvalue weighted by Crippen LogP contribution is -2.51. The fourth-order valence-electron chi connectivity index (χ4n) is 6.11. The molecule has 4 bridgehead atoms. The Labute approximate surface area is 303 Å². The fourth-order valence-corrected chi connectivity index (χ4v) is 9.22. The van der Waals surface area contributed by atoms with E-state index in [1.54, 1.807) is 31.2 Å². The summed E-state index contributed by atoms with van der Waals surface area (Å²) >= 11 is 0. The minimum Gasteiger partial charge on any atom is -0.493 e. The number of benzene rings is 2. The van der Waals surface area contributed by atoms with E-state index in [9.17, 15) is 27.7 Å². The summed E-state index contributed by atoms with van der Waals surface area (Å²) in [4.78, 5) is 25.4. The Morgan fingerprint density at radius 2 is 1.87 bits per heavy atom. The molecule has 0 aliphatic carbocycles. The predicted molar refractivity (Wildman–Crippen MR) is 185 cm³/mol. The summed E-state index contributed by atoms with van der Waals surface area (Å²) in [6, 6.07) is 9.26. The van der Waals surface area contributed by atoms with E-state index in [0.29, 0.717) is 18.6 Å². The lowest BCUT2D eigenvalue weighted by Gasteiger charge is -2.31. The SMILES string of the molecule is CCOC(=O)C(C)OP1(=O)COc2ccc(cc2)C[C@H](NC(=O)O[C@H]2CO[C@H]3OCC[C@H]32)[C@H](O)CN(CC(C)C)S(=O)(=O)c2ccc(OC)c(c2)O1. The number of alkyl carbamates (subject to hydrolysis) is 1. The summed E-state index contributed by atoms with van der Waals surface area (Å²) < 4.78 is 88.5. The van der Waals surface area contributed by atoms with E-state index < -0.39 is 73.2 Å². The number of nitrogens with zero attached hydrogens (tertiary/aromatic N) is 1. The number of ether oxygens (including phenoxy) is 6. The number of amides is 1. The quantitative estimate of drug-likeness (QED) is 0.277. The molecule has 0 spiro atoms. The number of methoxy groups -OCH3 is 1.